The lowest BCUT2D eigenvalue weighted by Gasteiger charge is -2.15. The van der Waals surface area contributed by atoms with Gasteiger partial charge in [0.15, 0.2) is 12.2 Å². The predicted molar refractivity (Wildman–Crippen MR) is 51.3 cm³/mol. The summed E-state index contributed by atoms with van der Waals surface area (Å²) in [5.74, 6) is -1.78. The minimum atomic E-state index is -1.65. The van der Waals surface area contributed by atoms with Gasteiger partial charge in [0.25, 0.3) is 0 Å². The monoisotopic (exact) mass is 254 g/mol. The minimum Gasteiger partial charge on any atom is -0.464 e. The van der Waals surface area contributed by atoms with Crippen LogP contribution < -0.4 is 0 Å². The van der Waals surface area contributed by atoms with Crippen LogP contribution >= 0.6 is 23.2 Å². The van der Waals surface area contributed by atoms with Crippen LogP contribution in [0, 0.1) is 0 Å². The molecule has 0 saturated carbocycles. The van der Waals surface area contributed by atoms with E-state index in [4.69, 9.17) is 23.2 Å². The molecule has 0 bridgehead atoms. The Morgan fingerprint density at radius 1 is 1.67 bits per heavy atom. The topological polar surface area (TPSA) is 72.8 Å². The van der Waals surface area contributed by atoms with E-state index < -0.39 is 24.1 Å². The molecular weight excluding hydrogens is 247 g/mol. The Morgan fingerprint density at radius 3 is 2.67 bits per heavy atom. The number of carbonyl (C=O) groups is 2. The highest BCUT2D eigenvalue weighted by molar-refractivity contribution is 6.48. The molecule has 0 saturated heterocycles. The van der Waals surface area contributed by atoms with Gasteiger partial charge in [-0.25, -0.2) is 9.59 Å². The van der Waals surface area contributed by atoms with Crippen molar-refractivity contribution >= 4 is 35.1 Å². The molecule has 1 N–H and O–H groups in total. The third kappa shape index (κ3) is 2.42. The summed E-state index contributed by atoms with van der Waals surface area (Å²) >= 11 is 11.0. The average Bonchev–Trinajstić information content (AvgIpc) is 2.45. The van der Waals surface area contributed by atoms with Crippen LogP contribution in [0.15, 0.2) is 10.1 Å². The van der Waals surface area contributed by atoms with Crippen molar-refractivity contribution in [1.29, 1.82) is 0 Å². The van der Waals surface area contributed by atoms with Crippen molar-refractivity contribution in [2.24, 2.45) is 0 Å². The third-order valence-corrected chi connectivity index (χ3v) is 2.55. The van der Waals surface area contributed by atoms with Crippen molar-refractivity contribution in [2.75, 3.05) is 6.61 Å². The Kier molecular flexibility index (Phi) is 3.96. The summed E-state index contributed by atoms with van der Waals surface area (Å²) in [5.41, 5.74) is 0. The lowest BCUT2D eigenvalue weighted by Crippen LogP contribution is -2.36. The van der Waals surface area contributed by atoms with Crippen LogP contribution in [0.1, 0.15) is 6.92 Å². The van der Waals surface area contributed by atoms with E-state index in [1.165, 1.54) is 0 Å². The number of aliphatic hydroxyl groups excluding tert-OH is 1. The first kappa shape index (κ1) is 12.3. The number of hydrogen-bond donors (Lipinski definition) is 1. The highest BCUT2D eigenvalue weighted by Crippen LogP contribution is 2.30. The van der Waals surface area contributed by atoms with Crippen LogP contribution in [-0.4, -0.2) is 35.9 Å². The lowest BCUT2D eigenvalue weighted by atomic mass is 10.2. The zero-order valence-corrected chi connectivity index (χ0v) is 9.21. The van der Waals surface area contributed by atoms with E-state index in [9.17, 15) is 14.7 Å². The van der Waals surface area contributed by atoms with Gasteiger partial charge < -0.3 is 14.6 Å². The van der Waals surface area contributed by atoms with Crippen molar-refractivity contribution in [3.63, 3.8) is 0 Å². The first-order valence-electron chi connectivity index (χ1n) is 4.09. The molecule has 0 aromatic heterocycles. The summed E-state index contributed by atoms with van der Waals surface area (Å²) < 4.78 is 9.12. The van der Waals surface area contributed by atoms with Gasteiger partial charge in [-0.05, 0) is 6.92 Å². The lowest BCUT2D eigenvalue weighted by molar-refractivity contribution is -0.162. The second-order valence-electron chi connectivity index (χ2n) is 2.68. The van der Waals surface area contributed by atoms with E-state index in [1.807, 2.05) is 0 Å². The predicted octanol–water partition coefficient (Wildman–Crippen LogP) is 0.525. The Morgan fingerprint density at radius 2 is 2.27 bits per heavy atom. The highest BCUT2D eigenvalue weighted by atomic mass is 35.5. The zero-order chi connectivity index (χ0) is 11.6. The molecule has 1 heterocycles. The summed E-state index contributed by atoms with van der Waals surface area (Å²) in [6.45, 7) is 1.68. The number of ether oxygens (including phenoxy) is 2. The molecule has 0 aromatic rings. The number of rotatable bonds is 3. The molecule has 7 heteroatoms. The maximum absolute atomic E-state index is 11.1. The van der Waals surface area contributed by atoms with Crippen molar-refractivity contribution in [2.45, 2.75) is 19.1 Å². The van der Waals surface area contributed by atoms with Crippen molar-refractivity contribution in [3.8, 4) is 0 Å². The van der Waals surface area contributed by atoms with Crippen molar-refractivity contribution in [1.82, 2.24) is 0 Å². The molecule has 0 fully saturated rings. The molecule has 1 aliphatic heterocycles. The summed E-state index contributed by atoms with van der Waals surface area (Å²) in [6, 6.07) is 0. The van der Waals surface area contributed by atoms with Gasteiger partial charge in [0.05, 0.1) is 11.6 Å². The fourth-order valence-electron chi connectivity index (χ4n) is 0.995. The van der Waals surface area contributed by atoms with Crippen LogP contribution in [-0.2, 0) is 19.1 Å². The Bertz CT molecular complexity index is 325. The second-order valence-corrected chi connectivity index (χ2v) is 3.47. The summed E-state index contributed by atoms with van der Waals surface area (Å²) in [7, 11) is 0. The molecule has 5 nitrogen and oxygen atoms in total. The number of aliphatic hydroxyl groups is 1. The summed E-state index contributed by atoms with van der Waals surface area (Å²) in [4.78, 5) is 22.0. The number of carbonyl (C=O) groups excluding carboxylic acids is 2. The van der Waals surface area contributed by atoms with Gasteiger partial charge in [-0.1, -0.05) is 23.2 Å². The smallest absolute Gasteiger partial charge is 0.351 e. The van der Waals surface area contributed by atoms with Crippen LogP contribution in [0.3, 0.4) is 0 Å². The standard InChI is InChI=1S/C8H8Cl2O5/c1-2-14-8(13)5(11)6-3(9)4(10)7(12)15-6/h5-6,11H,2H2,1H3. The van der Waals surface area contributed by atoms with Gasteiger partial charge in [-0.15, -0.1) is 0 Å². The quantitative estimate of drug-likeness (QED) is 0.744. The van der Waals surface area contributed by atoms with E-state index in [0.29, 0.717) is 0 Å². The van der Waals surface area contributed by atoms with Crippen LogP contribution in [0.25, 0.3) is 0 Å². The number of esters is 2. The van der Waals surface area contributed by atoms with Gasteiger partial charge in [0.1, 0.15) is 5.03 Å². The minimum absolute atomic E-state index is 0.103. The molecule has 1 aliphatic rings. The van der Waals surface area contributed by atoms with Gasteiger partial charge in [0, 0.05) is 0 Å². The van der Waals surface area contributed by atoms with Crippen LogP contribution in [0.2, 0.25) is 0 Å². The number of hydrogen-bond acceptors (Lipinski definition) is 5. The first-order valence-corrected chi connectivity index (χ1v) is 4.85. The van der Waals surface area contributed by atoms with E-state index >= 15 is 0 Å². The summed E-state index contributed by atoms with van der Waals surface area (Å²) in [5, 5.41) is 8.90. The molecular formula is C8H8Cl2O5. The summed E-state index contributed by atoms with van der Waals surface area (Å²) in [6.07, 6.45) is -2.93. The molecule has 0 aliphatic carbocycles. The van der Waals surface area contributed by atoms with Gasteiger partial charge in [0.2, 0.25) is 0 Å². The molecule has 2 atom stereocenters. The number of halogens is 2. The van der Waals surface area contributed by atoms with Crippen molar-refractivity contribution < 1.29 is 24.2 Å². The molecule has 84 valence electrons. The van der Waals surface area contributed by atoms with Crippen molar-refractivity contribution in [3.05, 3.63) is 10.1 Å². The normalized spacial score (nSPS) is 22.7. The molecule has 2 unspecified atom stereocenters. The fraction of sp³-hybridized carbons (Fsp3) is 0.500. The molecule has 0 aromatic carbocycles. The molecule has 15 heavy (non-hydrogen) atoms. The van der Waals surface area contributed by atoms with Crippen LogP contribution in [0.4, 0.5) is 0 Å². The Hall–Kier alpha value is -0.780. The number of cyclic esters (lactones) is 1. The molecule has 0 radical (unpaired) electrons. The Balaban J connectivity index is 2.75. The van der Waals surface area contributed by atoms with E-state index in [2.05, 4.69) is 9.47 Å². The first-order chi connectivity index (χ1) is 6.99. The third-order valence-electron chi connectivity index (χ3n) is 1.69. The Labute approximate surface area is 95.5 Å². The molecule has 0 amide bonds. The van der Waals surface area contributed by atoms with Gasteiger partial charge >= 0.3 is 11.9 Å². The maximum Gasteiger partial charge on any atom is 0.351 e. The molecule has 1 rings (SSSR count). The second kappa shape index (κ2) is 4.83. The largest absolute Gasteiger partial charge is 0.464 e. The fourth-order valence-corrected chi connectivity index (χ4v) is 1.39. The zero-order valence-electron chi connectivity index (χ0n) is 7.70. The van der Waals surface area contributed by atoms with Crippen LogP contribution in [0.5, 0.6) is 0 Å². The molecule has 0 spiro atoms. The average molecular weight is 255 g/mol. The van der Waals surface area contributed by atoms with Gasteiger partial charge in [-0.3, -0.25) is 0 Å². The SMILES string of the molecule is CCOC(=O)C(O)C1OC(=O)C(Cl)=C1Cl. The highest BCUT2D eigenvalue weighted by Gasteiger charge is 2.41. The van der Waals surface area contributed by atoms with Gasteiger partial charge in [-0.2, -0.15) is 0 Å². The maximum atomic E-state index is 11.1. The van der Waals surface area contributed by atoms with E-state index in [0.717, 1.165) is 0 Å². The van der Waals surface area contributed by atoms with E-state index in [-0.39, 0.29) is 16.7 Å². The van der Waals surface area contributed by atoms with E-state index in [1.54, 1.807) is 6.92 Å².